The SMILES string of the molecule is COc1ccc(-c2cnc(NCc3ccccc3)nc2)cc1CNC1CCN(C)CC1. The maximum absolute atomic E-state index is 5.60. The van der Waals surface area contributed by atoms with Gasteiger partial charge < -0.3 is 20.3 Å². The first-order valence-corrected chi connectivity index (χ1v) is 10.9. The molecule has 0 bridgehead atoms. The molecule has 3 aromatic rings. The van der Waals surface area contributed by atoms with Crippen LogP contribution in [-0.4, -0.2) is 48.2 Å². The van der Waals surface area contributed by atoms with Gasteiger partial charge in [0.15, 0.2) is 0 Å². The standard InChI is InChI=1S/C25H31N5O/c1-30-12-10-23(11-13-30)26-16-21-14-20(8-9-24(21)31-2)22-17-28-25(29-18-22)27-15-19-6-4-3-5-7-19/h3-9,14,17-18,23,26H,10-13,15-16H2,1-2H3,(H,27,28,29). The molecular formula is C25H31N5O. The third-order valence-electron chi connectivity index (χ3n) is 5.86. The number of hydrogen-bond acceptors (Lipinski definition) is 6. The minimum Gasteiger partial charge on any atom is -0.496 e. The zero-order valence-corrected chi connectivity index (χ0v) is 18.3. The number of benzene rings is 2. The fourth-order valence-corrected chi connectivity index (χ4v) is 3.91. The van der Waals surface area contributed by atoms with Crippen LogP contribution in [0.2, 0.25) is 0 Å². The van der Waals surface area contributed by atoms with Gasteiger partial charge in [0.2, 0.25) is 5.95 Å². The van der Waals surface area contributed by atoms with E-state index in [0.29, 0.717) is 18.5 Å². The average molecular weight is 418 g/mol. The van der Waals surface area contributed by atoms with Crippen molar-refractivity contribution in [1.29, 1.82) is 0 Å². The molecule has 0 spiro atoms. The molecule has 0 atom stereocenters. The van der Waals surface area contributed by atoms with Crippen LogP contribution in [0.1, 0.15) is 24.0 Å². The Hall–Kier alpha value is -2.96. The van der Waals surface area contributed by atoms with Crippen molar-refractivity contribution in [1.82, 2.24) is 20.2 Å². The van der Waals surface area contributed by atoms with Crippen molar-refractivity contribution in [3.63, 3.8) is 0 Å². The molecule has 6 nitrogen and oxygen atoms in total. The Morgan fingerprint density at radius 1 is 0.968 bits per heavy atom. The molecule has 1 aliphatic rings. The van der Waals surface area contributed by atoms with Crippen molar-refractivity contribution in [3.8, 4) is 16.9 Å². The Bertz CT molecular complexity index is 953. The van der Waals surface area contributed by atoms with Gasteiger partial charge in [0.25, 0.3) is 0 Å². The summed E-state index contributed by atoms with van der Waals surface area (Å²) in [5.74, 6) is 1.54. The van der Waals surface area contributed by atoms with Crippen molar-refractivity contribution in [2.24, 2.45) is 0 Å². The van der Waals surface area contributed by atoms with Crippen LogP contribution >= 0.6 is 0 Å². The topological polar surface area (TPSA) is 62.3 Å². The molecule has 6 heteroatoms. The number of anilines is 1. The lowest BCUT2D eigenvalue weighted by atomic mass is 10.0. The molecule has 1 fully saturated rings. The fourth-order valence-electron chi connectivity index (χ4n) is 3.91. The summed E-state index contributed by atoms with van der Waals surface area (Å²) in [5, 5.41) is 6.98. The van der Waals surface area contributed by atoms with Crippen molar-refractivity contribution in [2.45, 2.75) is 32.0 Å². The van der Waals surface area contributed by atoms with Crippen LogP contribution in [0.4, 0.5) is 5.95 Å². The van der Waals surface area contributed by atoms with Gasteiger partial charge in [-0.05, 0) is 56.2 Å². The highest BCUT2D eigenvalue weighted by atomic mass is 16.5. The van der Waals surface area contributed by atoms with Crippen LogP contribution in [0.15, 0.2) is 60.9 Å². The van der Waals surface area contributed by atoms with Crippen molar-refractivity contribution >= 4 is 5.95 Å². The summed E-state index contributed by atoms with van der Waals surface area (Å²) in [6, 6.07) is 17.1. The maximum Gasteiger partial charge on any atom is 0.222 e. The van der Waals surface area contributed by atoms with Gasteiger partial charge in [0.05, 0.1) is 7.11 Å². The Balaban J connectivity index is 1.40. The van der Waals surface area contributed by atoms with E-state index >= 15 is 0 Å². The molecular weight excluding hydrogens is 386 g/mol. The number of likely N-dealkylation sites (tertiary alicyclic amines) is 1. The smallest absolute Gasteiger partial charge is 0.222 e. The Labute approximate surface area is 184 Å². The minimum atomic E-state index is 0.558. The molecule has 0 amide bonds. The quantitative estimate of drug-likeness (QED) is 0.579. The van der Waals surface area contributed by atoms with Crippen LogP contribution in [-0.2, 0) is 13.1 Å². The Kier molecular flexibility index (Phi) is 7.12. The number of methoxy groups -OCH3 is 1. The van der Waals surface area contributed by atoms with E-state index in [1.165, 1.54) is 18.4 Å². The number of ether oxygens (including phenoxy) is 1. The Morgan fingerprint density at radius 2 is 1.71 bits per heavy atom. The normalized spacial score (nSPS) is 15.0. The van der Waals surface area contributed by atoms with Crippen molar-refractivity contribution in [2.75, 3.05) is 32.6 Å². The second-order valence-corrected chi connectivity index (χ2v) is 8.12. The van der Waals surface area contributed by atoms with E-state index in [1.54, 1.807) is 7.11 Å². The predicted octanol–water partition coefficient (Wildman–Crippen LogP) is 3.95. The van der Waals surface area contributed by atoms with Gasteiger partial charge in [-0.2, -0.15) is 0 Å². The van der Waals surface area contributed by atoms with Crippen LogP contribution in [0.5, 0.6) is 5.75 Å². The number of nitrogens with zero attached hydrogens (tertiary/aromatic N) is 3. The monoisotopic (exact) mass is 417 g/mol. The predicted molar refractivity (Wildman–Crippen MR) is 125 cm³/mol. The Morgan fingerprint density at radius 3 is 2.42 bits per heavy atom. The summed E-state index contributed by atoms with van der Waals surface area (Å²) in [5.41, 5.74) is 4.45. The first kappa shape index (κ1) is 21.3. The van der Waals surface area contributed by atoms with Crippen LogP contribution in [0.25, 0.3) is 11.1 Å². The van der Waals surface area contributed by atoms with E-state index in [0.717, 1.165) is 42.1 Å². The zero-order chi connectivity index (χ0) is 21.5. The summed E-state index contributed by atoms with van der Waals surface area (Å²) < 4.78 is 5.60. The molecule has 0 radical (unpaired) electrons. The highest BCUT2D eigenvalue weighted by Crippen LogP contribution is 2.26. The van der Waals surface area contributed by atoms with E-state index in [1.807, 2.05) is 36.7 Å². The van der Waals surface area contributed by atoms with Crippen molar-refractivity contribution < 1.29 is 4.74 Å². The molecule has 2 heterocycles. The molecule has 1 saturated heterocycles. The lowest BCUT2D eigenvalue weighted by Crippen LogP contribution is -2.40. The second kappa shape index (κ2) is 10.4. The largest absolute Gasteiger partial charge is 0.496 e. The summed E-state index contributed by atoms with van der Waals surface area (Å²) in [6.45, 7) is 3.80. The van der Waals surface area contributed by atoms with Gasteiger partial charge in [-0.1, -0.05) is 36.4 Å². The van der Waals surface area contributed by atoms with Crippen LogP contribution < -0.4 is 15.4 Å². The molecule has 4 rings (SSSR count). The maximum atomic E-state index is 5.60. The third kappa shape index (κ3) is 5.81. The van der Waals surface area contributed by atoms with Crippen molar-refractivity contribution in [3.05, 3.63) is 72.1 Å². The molecule has 0 unspecified atom stereocenters. The molecule has 31 heavy (non-hydrogen) atoms. The lowest BCUT2D eigenvalue weighted by Gasteiger charge is -2.29. The number of piperidine rings is 1. The van der Waals surface area contributed by atoms with E-state index in [4.69, 9.17) is 4.74 Å². The number of aromatic nitrogens is 2. The van der Waals surface area contributed by atoms with Gasteiger partial charge >= 0.3 is 0 Å². The summed E-state index contributed by atoms with van der Waals surface area (Å²) in [6.07, 6.45) is 6.11. The highest BCUT2D eigenvalue weighted by molar-refractivity contribution is 5.64. The van der Waals surface area contributed by atoms with Gasteiger partial charge in [0, 0.05) is 42.7 Å². The molecule has 1 aliphatic heterocycles. The molecule has 2 N–H and O–H groups in total. The first-order valence-electron chi connectivity index (χ1n) is 10.9. The van der Waals surface area contributed by atoms with Gasteiger partial charge in [-0.3, -0.25) is 0 Å². The molecule has 2 aromatic carbocycles. The average Bonchev–Trinajstić information content (AvgIpc) is 2.83. The minimum absolute atomic E-state index is 0.558. The lowest BCUT2D eigenvalue weighted by molar-refractivity contribution is 0.233. The summed E-state index contributed by atoms with van der Waals surface area (Å²) >= 11 is 0. The van der Waals surface area contributed by atoms with Gasteiger partial charge in [0.1, 0.15) is 5.75 Å². The summed E-state index contributed by atoms with van der Waals surface area (Å²) in [7, 11) is 3.91. The molecule has 0 saturated carbocycles. The highest BCUT2D eigenvalue weighted by Gasteiger charge is 2.16. The molecule has 162 valence electrons. The van der Waals surface area contributed by atoms with E-state index in [9.17, 15) is 0 Å². The van der Waals surface area contributed by atoms with E-state index in [-0.39, 0.29) is 0 Å². The number of hydrogen-bond donors (Lipinski definition) is 2. The molecule has 0 aliphatic carbocycles. The second-order valence-electron chi connectivity index (χ2n) is 8.12. The summed E-state index contributed by atoms with van der Waals surface area (Å²) in [4.78, 5) is 11.4. The fraction of sp³-hybridized carbons (Fsp3) is 0.360. The van der Waals surface area contributed by atoms with Gasteiger partial charge in [-0.25, -0.2) is 9.97 Å². The first-order chi connectivity index (χ1) is 15.2. The van der Waals surface area contributed by atoms with E-state index < -0.39 is 0 Å². The number of rotatable bonds is 8. The molecule has 1 aromatic heterocycles. The van der Waals surface area contributed by atoms with Crippen LogP contribution in [0, 0.1) is 0 Å². The number of nitrogens with one attached hydrogen (secondary N) is 2. The zero-order valence-electron chi connectivity index (χ0n) is 18.3. The van der Waals surface area contributed by atoms with Gasteiger partial charge in [-0.15, -0.1) is 0 Å². The van der Waals surface area contributed by atoms with Crippen LogP contribution in [0.3, 0.4) is 0 Å². The third-order valence-corrected chi connectivity index (χ3v) is 5.86. The van der Waals surface area contributed by atoms with E-state index in [2.05, 4.69) is 56.8 Å².